The van der Waals surface area contributed by atoms with E-state index >= 15 is 0 Å². The first-order valence-corrected chi connectivity index (χ1v) is 7.41. The fraction of sp³-hybridized carbons (Fsp3) is 0.733. The average molecular weight is 277 g/mol. The van der Waals surface area contributed by atoms with Crippen molar-refractivity contribution in [3.8, 4) is 6.07 Å². The maximum Gasteiger partial charge on any atom is 0.266 e. The summed E-state index contributed by atoms with van der Waals surface area (Å²) in [5.41, 5.74) is 0.244. The first kappa shape index (κ1) is 14.9. The van der Waals surface area contributed by atoms with Crippen LogP contribution in [0, 0.1) is 11.3 Å². The zero-order chi connectivity index (χ0) is 14.5. The molecule has 110 valence electrons. The highest BCUT2D eigenvalue weighted by Crippen LogP contribution is 2.15. The van der Waals surface area contributed by atoms with E-state index in [1.807, 2.05) is 18.7 Å². The molecule has 0 radical (unpaired) electrons. The molecule has 0 N–H and O–H groups in total. The van der Waals surface area contributed by atoms with Crippen LogP contribution in [0.3, 0.4) is 0 Å². The van der Waals surface area contributed by atoms with Crippen LogP contribution in [0.4, 0.5) is 0 Å². The third-order valence-corrected chi connectivity index (χ3v) is 3.75. The van der Waals surface area contributed by atoms with Gasteiger partial charge in [-0.1, -0.05) is 0 Å². The molecule has 2 unspecified atom stereocenters. The normalized spacial score (nSPS) is 28.1. The van der Waals surface area contributed by atoms with Crippen molar-refractivity contribution in [3.63, 3.8) is 0 Å². The van der Waals surface area contributed by atoms with Crippen molar-refractivity contribution in [1.82, 2.24) is 9.80 Å². The number of hydrogen-bond donors (Lipinski definition) is 0. The zero-order valence-corrected chi connectivity index (χ0v) is 12.3. The van der Waals surface area contributed by atoms with Gasteiger partial charge in [0.1, 0.15) is 11.6 Å². The van der Waals surface area contributed by atoms with Gasteiger partial charge in [-0.2, -0.15) is 5.26 Å². The summed E-state index contributed by atoms with van der Waals surface area (Å²) >= 11 is 0. The first-order valence-electron chi connectivity index (χ1n) is 7.41. The maximum absolute atomic E-state index is 12.3. The second-order valence-electron chi connectivity index (χ2n) is 5.72. The summed E-state index contributed by atoms with van der Waals surface area (Å²) in [6.07, 6.45) is 5.21. The fourth-order valence-electron chi connectivity index (χ4n) is 2.90. The molecule has 20 heavy (non-hydrogen) atoms. The number of piperidine rings is 1. The molecule has 5 heteroatoms. The summed E-state index contributed by atoms with van der Waals surface area (Å²) in [5.74, 6) is -0.126. The molecule has 2 fully saturated rings. The predicted molar refractivity (Wildman–Crippen MR) is 75.7 cm³/mol. The molecule has 1 amide bonds. The summed E-state index contributed by atoms with van der Waals surface area (Å²) in [6.45, 7) is 7.01. The van der Waals surface area contributed by atoms with Crippen molar-refractivity contribution in [3.05, 3.63) is 11.8 Å². The van der Waals surface area contributed by atoms with Crippen molar-refractivity contribution >= 4 is 5.91 Å². The topological polar surface area (TPSA) is 56.6 Å². The quantitative estimate of drug-likeness (QED) is 0.567. The summed E-state index contributed by atoms with van der Waals surface area (Å²) < 4.78 is 5.66. The first-order chi connectivity index (χ1) is 9.60. The Morgan fingerprint density at radius 1 is 1.20 bits per heavy atom. The van der Waals surface area contributed by atoms with E-state index < -0.39 is 0 Å². The van der Waals surface area contributed by atoms with Gasteiger partial charge in [0, 0.05) is 32.4 Å². The van der Waals surface area contributed by atoms with Crippen LogP contribution in [0.5, 0.6) is 0 Å². The van der Waals surface area contributed by atoms with Crippen LogP contribution < -0.4 is 0 Å². The molecule has 0 aromatic rings. The van der Waals surface area contributed by atoms with Gasteiger partial charge in [-0.15, -0.1) is 0 Å². The lowest BCUT2D eigenvalue weighted by Crippen LogP contribution is -2.43. The number of morpholine rings is 1. The van der Waals surface area contributed by atoms with Crippen LogP contribution in [0.2, 0.25) is 0 Å². The number of carbonyl (C=O) groups excluding carboxylic acids is 1. The molecule has 0 aliphatic carbocycles. The molecule has 0 bridgehead atoms. The van der Waals surface area contributed by atoms with Gasteiger partial charge in [-0.25, -0.2) is 0 Å². The minimum absolute atomic E-state index is 0.125. The summed E-state index contributed by atoms with van der Waals surface area (Å²) in [7, 11) is 0. The van der Waals surface area contributed by atoms with E-state index in [-0.39, 0.29) is 23.7 Å². The van der Waals surface area contributed by atoms with Gasteiger partial charge in [0.15, 0.2) is 0 Å². The lowest BCUT2D eigenvalue weighted by Gasteiger charge is -2.35. The summed E-state index contributed by atoms with van der Waals surface area (Å²) in [6, 6.07) is 2.06. The summed E-state index contributed by atoms with van der Waals surface area (Å²) in [5, 5.41) is 9.27. The van der Waals surface area contributed by atoms with Crippen molar-refractivity contribution in [1.29, 1.82) is 5.26 Å². The monoisotopic (exact) mass is 277 g/mol. The number of likely N-dealkylation sites (tertiary alicyclic amines) is 1. The van der Waals surface area contributed by atoms with Crippen LogP contribution in [0.1, 0.15) is 33.1 Å². The highest BCUT2D eigenvalue weighted by Gasteiger charge is 2.24. The van der Waals surface area contributed by atoms with Crippen LogP contribution in [0.25, 0.3) is 0 Å². The number of hydrogen-bond acceptors (Lipinski definition) is 4. The molecule has 0 aromatic carbocycles. The molecule has 2 aliphatic rings. The molecule has 2 atom stereocenters. The Labute approximate surface area is 120 Å². The van der Waals surface area contributed by atoms with Crippen LogP contribution in [-0.4, -0.2) is 54.1 Å². The van der Waals surface area contributed by atoms with E-state index in [4.69, 9.17) is 4.74 Å². The van der Waals surface area contributed by atoms with Gasteiger partial charge >= 0.3 is 0 Å². The number of rotatable bonds is 2. The average Bonchev–Trinajstić information content (AvgIpc) is 2.44. The summed E-state index contributed by atoms with van der Waals surface area (Å²) in [4.78, 5) is 16.2. The van der Waals surface area contributed by atoms with Crippen molar-refractivity contribution in [2.24, 2.45) is 0 Å². The van der Waals surface area contributed by atoms with Gasteiger partial charge in [0.2, 0.25) is 0 Å². The van der Waals surface area contributed by atoms with E-state index in [0.717, 1.165) is 39.0 Å². The molecule has 2 aliphatic heterocycles. The van der Waals surface area contributed by atoms with Crippen LogP contribution >= 0.6 is 0 Å². The van der Waals surface area contributed by atoms with E-state index in [1.165, 1.54) is 6.42 Å². The maximum atomic E-state index is 12.3. The molecule has 5 nitrogen and oxygen atoms in total. The highest BCUT2D eigenvalue weighted by molar-refractivity contribution is 5.97. The van der Waals surface area contributed by atoms with Gasteiger partial charge < -0.3 is 14.5 Å². The molecular formula is C15H23N3O2. The number of amides is 1. The molecule has 2 heterocycles. The second-order valence-corrected chi connectivity index (χ2v) is 5.72. The van der Waals surface area contributed by atoms with Gasteiger partial charge in [0.25, 0.3) is 5.91 Å². The zero-order valence-electron chi connectivity index (χ0n) is 12.3. The van der Waals surface area contributed by atoms with E-state index in [9.17, 15) is 10.1 Å². The molecule has 0 aromatic heterocycles. The molecule has 2 rings (SSSR count). The smallest absolute Gasteiger partial charge is 0.266 e. The lowest BCUT2D eigenvalue weighted by molar-refractivity contribution is -0.127. The number of nitriles is 1. The lowest BCUT2D eigenvalue weighted by atomic mass is 10.1. The van der Waals surface area contributed by atoms with Gasteiger partial charge in [-0.05, 0) is 33.1 Å². The van der Waals surface area contributed by atoms with Gasteiger partial charge in [0.05, 0.1) is 12.2 Å². The Bertz CT molecular complexity index is 411. The number of ether oxygens (including phenoxy) is 1. The van der Waals surface area contributed by atoms with Crippen molar-refractivity contribution in [2.75, 3.05) is 26.2 Å². The Hall–Kier alpha value is -1.54. The SMILES string of the molecule is CC1CN(/C=C(/C#N)C(=O)N2CCCCC2)CC(C)O1. The highest BCUT2D eigenvalue weighted by atomic mass is 16.5. The van der Waals surface area contributed by atoms with E-state index in [0.29, 0.717) is 0 Å². The molecule has 2 saturated heterocycles. The van der Waals surface area contributed by atoms with Crippen LogP contribution in [-0.2, 0) is 9.53 Å². The molecule has 0 spiro atoms. The number of carbonyl (C=O) groups is 1. The molecule has 0 saturated carbocycles. The fourth-order valence-corrected chi connectivity index (χ4v) is 2.90. The minimum atomic E-state index is -0.126. The van der Waals surface area contributed by atoms with Crippen molar-refractivity contribution < 1.29 is 9.53 Å². The van der Waals surface area contributed by atoms with Gasteiger partial charge in [-0.3, -0.25) is 4.79 Å². The Morgan fingerprint density at radius 2 is 1.80 bits per heavy atom. The third-order valence-electron chi connectivity index (χ3n) is 3.75. The predicted octanol–water partition coefficient (Wildman–Crippen LogP) is 1.52. The Kier molecular flexibility index (Phi) is 5.02. The van der Waals surface area contributed by atoms with E-state index in [2.05, 4.69) is 6.07 Å². The third kappa shape index (κ3) is 3.73. The van der Waals surface area contributed by atoms with Crippen LogP contribution in [0.15, 0.2) is 11.8 Å². The standard InChI is InChI=1S/C15H23N3O2/c1-12-9-17(10-13(2)20-12)11-14(8-16)15(19)18-6-4-3-5-7-18/h11-13H,3-7,9-10H2,1-2H3/b14-11-. The van der Waals surface area contributed by atoms with E-state index in [1.54, 1.807) is 11.1 Å². The number of nitrogens with zero attached hydrogens (tertiary/aromatic N) is 3. The Balaban J connectivity index is 2.04. The largest absolute Gasteiger partial charge is 0.372 e. The Morgan fingerprint density at radius 3 is 2.35 bits per heavy atom. The minimum Gasteiger partial charge on any atom is -0.372 e. The molecular weight excluding hydrogens is 254 g/mol. The van der Waals surface area contributed by atoms with Crippen molar-refractivity contribution in [2.45, 2.75) is 45.3 Å². The second kappa shape index (κ2) is 6.76.